The average molecular weight is 276 g/mol. The van der Waals surface area contributed by atoms with Crippen LogP contribution in [0.2, 0.25) is 5.15 Å². The fourth-order valence-corrected chi connectivity index (χ4v) is 2.07. The summed E-state index contributed by atoms with van der Waals surface area (Å²) in [5.74, 6) is 1.12. The van der Waals surface area contributed by atoms with Crippen LogP contribution in [0.4, 0.5) is 0 Å². The number of phenolic OH excluding ortho intramolecular Hbond substituents is 1. The van der Waals surface area contributed by atoms with E-state index in [4.69, 9.17) is 16.3 Å². The first-order chi connectivity index (χ1) is 9.19. The van der Waals surface area contributed by atoms with E-state index in [1.807, 2.05) is 0 Å². The van der Waals surface area contributed by atoms with Gasteiger partial charge in [-0.3, -0.25) is 0 Å². The molecule has 0 saturated heterocycles. The van der Waals surface area contributed by atoms with Crippen molar-refractivity contribution in [3.63, 3.8) is 0 Å². The van der Waals surface area contributed by atoms with Crippen LogP contribution in [-0.2, 0) is 0 Å². The molecule has 0 saturated carbocycles. The molecule has 0 radical (unpaired) electrons. The summed E-state index contributed by atoms with van der Waals surface area (Å²) in [5, 5.41) is 9.93. The molecule has 3 aromatic rings. The number of halogens is 1. The van der Waals surface area contributed by atoms with Crippen LogP contribution < -0.4 is 4.74 Å². The maximum Gasteiger partial charge on any atom is 0.161 e. The Morgan fingerprint density at radius 1 is 1.32 bits per heavy atom. The first kappa shape index (κ1) is 11.8. The monoisotopic (exact) mass is 275 g/mol. The van der Waals surface area contributed by atoms with E-state index in [2.05, 4.69) is 15.0 Å². The van der Waals surface area contributed by atoms with Gasteiger partial charge in [-0.05, 0) is 24.3 Å². The fraction of sp³-hybridized carbons (Fsp3) is 0.0769. The number of nitrogens with one attached hydrogen (secondary N) is 1. The topological polar surface area (TPSA) is 71.0 Å². The normalized spacial score (nSPS) is 10.8. The van der Waals surface area contributed by atoms with Crippen LogP contribution >= 0.6 is 11.6 Å². The number of fused-ring (bicyclic) bond motifs is 1. The van der Waals surface area contributed by atoms with Crippen LogP contribution in [0.15, 0.2) is 30.5 Å². The smallest absolute Gasteiger partial charge is 0.161 e. The van der Waals surface area contributed by atoms with E-state index in [0.29, 0.717) is 22.2 Å². The maximum absolute atomic E-state index is 9.58. The molecule has 2 heterocycles. The van der Waals surface area contributed by atoms with E-state index < -0.39 is 0 Å². The highest BCUT2D eigenvalue weighted by Gasteiger charge is 2.10. The SMILES string of the molecule is COc1cc(-c2nc3c(Cl)nccc3[nH]2)ccc1O. The van der Waals surface area contributed by atoms with Crippen molar-refractivity contribution in [3.05, 3.63) is 35.6 Å². The molecule has 0 aliphatic rings. The number of aromatic hydroxyl groups is 1. The lowest BCUT2D eigenvalue weighted by molar-refractivity contribution is 0.373. The van der Waals surface area contributed by atoms with Crippen molar-refractivity contribution < 1.29 is 9.84 Å². The third kappa shape index (κ3) is 1.98. The summed E-state index contributed by atoms with van der Waals surface area (Å²) in [6.07, 6.45) is 1.62. The molecule has 96 valence electrons. The number of nitrogens with zero attached hydrogens (tertiary/aromatic N) is 2. The highest BCUT2D eigenvalue weighted by Crippen LogP contribution is 2.31. The molecule has 1 aromatic carbocycles. The Balaban J connectivity index is 2.16. The van der Waals surface area contributed by atoms with Crippen molar-refractivity contribution in [1.82, 2.24) is 15.0 Å². The number of phenols is 1. The van der Waals surface area contributed by atoms with Gasteiger partial charge in [0.2, 0.25) is 0 Å². The third-order valence-electron chi connectivity index (χ3n) is 2.81. The molecule has 0 aliphatic heterocycles. The summed E-state index contributed by atoms with van der Waals surface area (Å²) in [5.41, 5.74) is 2.22. The van der Waals surface area contributed by atoms with Crippen LogP contribution in [0.25, 0.3) is 22.4 Å². The zero-order valence-electron chi connectivity index (χ0n) is 10.0. The molecule has 0 fully saturated rings. The van der Waals surface area contributed by atoms with Crippen molar-refractivity contribution in [3.8, 4) is 22.9 Å². The Bertz CT molecular complexity index is 755. The van der Waals surface area contributed by atoms with E-state index in [1.54, 1.807) is 30.5 Å². The lowest BCUT2D eigenvalue weighted by atomic mass is 10.2. The Morgan fingerprint density at radius 2 is 2.16 bits per heavy atom. The minimum atomic E-state index is 0.0852. The number of benzene rings is 1. The van der Waals surface area contributed by atoms with E-state index in [0.717, 1.165) is 11.1 Å². The zero-order valence-corrected chi connectivity index (χ0v) is 10.8. The molecule has 0 amide bonds. The molecule has 0 bridgehead atoms. The summed E-state index contributed by atoms with van der Waals surface area (Å²) in [6, 6.07) is 6.81. The van der Waals surface area contributed by atoms with Crippen LogP contribution in [0, 0.1) is 0 Å². The number of methoxy groups -OCH3 is 1. The summed E-state index contributed by atoms with van der Waals surface area (Å²) < 4.78 is 5.07. The van der Waals surface area contributed by atoms with Crippen LogP contribution in [-0.4, -0.2) is 27.2 Å². The second kappa shape index (κ2) is 4.44. The standard InChI is InChI=1S/C13H10ClN3O2/c1-19-10-6-7(2-3-9(10)18)13-16-8-4-5-15-12(14)11(8)17-13/h2-6,18H,1H3,(H,16,17). The van der Waals surface area contributed by atoms with E-state index in [1.165, 1.54) is 7.11 Å². The molecule has 0 atom stereocenters. The maximum atomic E-state index is 9.58. The van der Waals surface area contributed by atoms with Gasteiger partial charge in [0.15, 0.2) is 16.7 Å². The molecular formula is C13H10ClN3O2. The minimum Gasteiger partial charge on any atom is -0.504 e. The molecular weight excluding hydrogens is 266 g/mol. The fourth-order valence-electron chi connectivity index (χ4n) is 1.86. The summed E-state index contributed by atoms with van der Waals surface area (Å²) >= 11 is 5.98. The van der Waals surface area contributed by atoms with E-state index in [-0.39, 0.29) is 5.75 Å². The molecule has 0 aliphatic carbocycles. The number of aromatic nitrogens is 3. The predicted molar refractivity (Wildman–Crippen MR) is 72.6 cm³/mol. The number of imidazole rings is 1. The molecule has 0 spiro atoms. The van der Waals surface area contributed by atoms with Gasteiger partial charge in [0, 0.05) is 11.8 Å². The molecule has 19 heavy (non-hydrogen) atoms. The van der Waals surface area contributed by atoms with Crippen molar-refractivity contribution in [1.29, 1.82) is 0 Å². The Hall–Kier alpha value is -2.27. The molecule has 0 unspecified atom stereocenters. The van der Waals surface area contributed by atoms with Gasteiger partial charge in [0.1, 0.15) is 11.3 Å². The highest BCUT2D eigenvalue weighted by molar-refractivity contribution is 6.33. The number of rotatable bonds is 2. The van der Waals surface area contributed by atoms with E-state index in [9.17, 15) is 5.11 Å². The van der Waals surface area contributed by atoms with Gasteiger partial charge in [-0.15, -0.1) is 0 Å². The zero-order chi connectivity index (χ0) is 13.4. The summed E-state index contributed by atoms with van der Waals surface area (Å²) in [6.45, 7) is 0. The Morgan fingerprint density at radius 3 is 2.89 bits per heavy atom. The van der Waals surface area contributed by atoms with E-state index >= 15 is 0 Å². The number of hydrogen-bond acceptors (Lipinski definition) is 4. The number of ether oxygens (including phenoxy) is 1. The lowest BCUT2D eigenvalue weighted by Gasteiger charge is -2.04. The Labute approximate surface area is 113 Å². The van der Waals surface area contributed by atoms with Gasteiger partial charge >= 0.3 is 0 Å². The van der Waals surface area contributed by atoms with Crippen LogP contribution in [0.5, 0.6) is 11.5 Å². The average Bonchev–Trinajstić information content (AvgIpc) is 2.85. The van der Waals surface area contributed by atoms with Gasteiger partial charge in [0.25, 0.3) is 0 Å². The predicted octanol–water partition coefficient (Wildman–Crippen LogP) is 2.99. The van der Waals surface area contributed by atoms with Gasteiger partial charge in [-0.2, -0.15) is 0 Å². The number of hydrogen-bond donors (Lipinski definition) is 2. The third-order valence-corrected chi connectivity index (χ3v) is 3.09. The van der Waals surface area contributed by atoms with Crippen molar-refractivity contribution in [2.24, 2.45) is 0 Å². The molecule has 3 rings (SSSR count). The molecule has 2 N–H and O–H groups in total. The first-order valence-corrected chi connectivity index (χ1v) is 5.94. The van der Waals surface area contributed by atoms with Crippen molar-refractivity contribution >= 4 is 22.6 Å². The van der Waals surface area contributed by atoms with Crippen LogP contribution in [0.1, 0.15) is 0 Å². The lowest BCUT2D eigenvalue weighted by Crippen LogP contribution is -1.86. The van der Waals surface area contributed by atoms with Crippen molar-refractivity contribution in [2.75, 3.05) is 7.11 Å². The largest absolute Gasteiger partial charge is 0.504 e. The Kier molecular flexibility index (Phi) is 2.76. The number of aromatic amines is 1. The van der Waals surface area contributed by atoms with Gasteiger partial charge in [0.05, 0.1) is 12.6 Å². The molecule has 6 heteroatoms. The van der Waals surface area contributed by atoms with Gasteiger partial charge in [-0.1, -0.05) is 11.6 Å². The van der Waals surface area contributed by atoms with Gasteiger partial charge < -0.3 is 14.8 Å². The van der Waals surface area contributed by atoms with Gasteiger partial charge in [-0.25, -0.2) is 9.97 Å². The number of pyridine rings is 1. The summed E-state index contributed by atoms with van der Waals surface area (Å²) in [7, 11) is 1.50. The number of H-pyrrole nitrogens is 1. The molecule has 2 aromatic heterocycles. The molecule has 5 nitrogen and oxygen atoms in total. The second-order valence-electron chi connectivity index (χ2n) is 3.97. The van der Waals surface area contributed by atoms with Crippen molar-refractivity contribution in [2.45, 2.75) is 0 Å². The first-order valence-electron chi connectivity index (χ1n) is 5.56. The second-order valence-corrected chi connectivity index (χ2v) is 4.33. The quantitative estimate of drug-likeness (QED) is 0.705. The van der Waals surface area contributed by atoms with Crippen LogP contribution in [0.3, 0.4) is 0 Å². The summed E-state index contributed by atoms with van der Waals surface area (Å²) in [4.78, 5) is 11.5. The minimum absolute atomic E-state index is 0.0852. The highest BCUT2D eigenvalue weighted by atomic mass is 35.5.